The molecule has 0 spiro atoms. The summed E-state index contributed by atoms with van der Waals surface area (Å²) in [6.07, 6.45) is 1.16. The van der Waals surface area contributed by atoms with Crippen LogP contribution in [0.4, 0.5) is 0 Å². The van der Waals surface area contributed by atoms with Crippen LogP contribution in [0.5, 0.6) is 0 Å². The third kappa shape index (κ3) is 4.69. The van der Waals surface area contributed by atoms with E-state index in [1.165, 1.54) is 30.3 Å². The summed E-state index contributed by atoms with van der Waals surface area (Å²) in [6, 6.07) is 14.8. The zero-order valence-corrected chi connectivity index (χ0v) is 14.7. The van der Waals surface area contributed by atoms with Crippen molar-refractivity contribution in [2.24, 2.45) is 0 Å². The first-order valence-electron chi connectivity index (χ1n) is 7.35. The van der Waals surface area contributed by atoms with Crippen LogP contribution in [0.1, 0.15) is 18.9 Å². The molecule has 0 fully saturated rings. The van der Waals surface area contributed by atoms with Gasteiger partial charge < -0.3 is 4.74 Å². The van der Waals surface area contributed by atoms with Crippen molar-refractivity contribution >= 4 is 33.5 Å². The molecule has 2 aromatic carbocycles. The highest BCUT2D eigenvalue weighted by Gasteiger charge is 2.23. The first-order chi connectivity index (χ1) is 11.4. The molecule has 0 bridgehead atoms. The van der Waals surface area contributed by atoms with E-state index in [-0.39, 0.29) is 22.8 Å². The first-order valence-corrected chi connectivity index (χ1v) is 9.21. The van der Waals surface area contributed by atoms with Crippen LogP contribution in [-0.2, 0) is 19.4 Å². The van der Waals surface area contributed by atoms with Gasteiger partial charge in [-0.3, -0.25) is 4.79 Å². The molecule has 2 rings (SSSR count). The molecular weight excluding hydrogens is 348 g/mol. The van der Waals surface area contributed by atoms with E-state index >= 15 is 0 Å². The third-order valence-electron chi connectivity index (χ3n) is 3.22. The minimum absolute atomic E-state index is 0.0190. The Balaban J connectivity index is 2.46. The predicted molar refractivity (Wildman–Crippen MR) is 94.3 cm³/mol. The number of sulfone groups is 1. The molecule has 126 valence electrons. The molecule has 0 unspecified atom stereocenters. The normalized spacial score (nSPS) is 12.0. The maximum Gasteiger partial charge on any atom is 0.310 e. The molecule has 0 amide bonds. The Morgan fingerprint density at radius 3 is 2.29 bits per heavy atom. The summed E-state index contributed by atoms with van der Waals surface area (Å²) in [7, 11) is -3.83. The van der Waals surface area contributed by atoms with E-state index in [0.717, 1.165) is 0 Å². The largest absolute Gasteiger partial charge is 0.466 e. The topological polar surface area (TPSA) is 60.4 Å². The van der Waals surface area contributed by atoms with E-state index in [9.17, 15) is 13.2 Å². The Morgan fingerprint density at radius 2 is 1.71 bits per heavy atom. The van der Waals surface area contributed by atoms with E-state index in [1.54, 1.807) is 31.2 Å². The smallest absolute Gasteiger partial charge is 0.310 e. The van der Waals surface area contributed by atoms with Gasteiger partial charge in [0.25, 0.3) is 0 Å². The van der Waals surface area contributed by atoms with Gasteiger partial charge in [-0.15, -0.1) is 0 Å². The number of hydrogen-bond acceptors (Lipinski definition) is 4. The van der Waals surface area contributed by atoms with Gasteiger partial charge in [-0.2, -0.15) is 0 Å². The van der Waals surface area contributed by atoms with Crippen molar-refractivity contribution in [1.82, 2.24) is 0 Å². The Bertz CT molecular complexity index is 825. The minimum atomic E-state index is -3.83. The van der Waals surface area contributed by atoms with Crippen LogP contribution in [0.15, 0.2) is 64.4 Å². The van der Waals surface area contributed by atoms with Gasteiger partial charge in [-0.05, 0) is 42.8 Å². The second-order valence-corrected chi connectivity index (χ2v) is 7.40. The molecule has 0 N–H and O–H groups in total. The number of hydrogen-bond donors (Lipinski definition) is 0. The summed E-state index contributed by atoms with van der Waals surface area (Å²) >= 11 is 5.81. The quantitative estimate of drug-likeness (QED) is 0.724. The zero-order valence-electron chi connectivity index (χ0n) is 13.1. The molecule has 0 aliphatic heterocycles. The molecule has 0 radical (unpaired) electrons. The fourth-order valence-corrected chi connectivity index (χ4v) is 3.60. The molecule has 0 saturated heterocycles. The molecule has 2 aromatic rings. The van der Waals surface area contributed by atoms with Crippen molar-refractivity contribution in [3.8, 4) is 0 Å². The number of carbonyl (C=O) groups excluding carboxylic acids is 1. The second kappa shape index (κ2) is 8.13. The van der Waals surface area contributed by atoms with Gasteiger partial charge in [0, 0.05) is 5.02 Å². The van der Waals surface area contributed by atoms with Crippen LogP contribution < -0.4 is 0 Å². The van der Waals surface area contributed by atoms with E-state index < -0.39 is 15.8 Å². The molecule has 0 aliphatic carbocycles. The van der Waals surface area contributed by atoms with E-state index in [1.807, 2.05) is 6.07 Å². The highest BCUT2D eigenvalue weighted by Crippen LogP contribution is 2.25. The monoisotopic (exact) mass is 364 g/mol. The molecule has 0 atom stereocenters. The number of rotatable bonds is 6. The third-order valence-corrected chi connectivity index (χ3v) is 5.32. The van der Waals surface area contributed by atoms with Crippen molar-refractivity contribution in [3.05, 3.63) is 70.1 Å². The van der Waals surface area contributed by atoms with Gasteiger partial charge >= 0.3 is 5.97 Å². The minimum Gasteiger partial charge on any atom is -0.466 e. The van der Waals surface area contributed by atoms with Gasteiger partial charge in [-0.1, -0.05) is 41.9 Å². The first kappa shape index (κ1) is 18.2. The van der Waals surface area contributed by atoms with E-state index in [0.29, 0.717) is 10.6 Å². The van der Waals surface area contributed by atoms with Gasteiger partial charge in [-0.25, -0.2) is 8.42 Å². The Morgan fingerprint density at radius 1 is 1.08 bits per heavy atom. The number of halogens is 1. The van der Waals surface area contributed by atoms with Gasteiger partial charge in [0.15, 0.2) is 0 Å². The molecule has 0 aromatic heterocycles. The molecule has 6 heteroatoms. The van der Waals surface area contributed by atoms with Crippen molar-refractivity contribution < 1.29 is 17.9 Å². The molecule has 0 saturated carbocycles. The van der Waals surface area contributed by atoms with Crippen LogP contribution >= 0.6 is 11.6 Å². The van der Waals surface area contributed by atoms with Crippen LogP contribution in [0.25, 0.3) is 6.08 Å². The van der Waals surface area contributed by atoms with Crippen molar-refractivity contribution in [2.45, 2.75) is 18.2 Å². The second-order valence-electron chi connectivity index (χ2n) is 4.96. The Labute approximate surface area is 146 Å². The average Bonchev–Trinajstić information content (AvgIpc) is 2.56. The molecule has 0 aliphatic rings. The summed E-state index contributed by atoms with van der Waals surface area (Å²) in [5.74, 6) is -0.586. The Kier molecular flexibility index (Phi) is 6.17. The van der Waals surface area contributed by atoms with Crippen molar-refractivity contribution in [3.63, 3.8) is 0 Å². The van der Waals surface area contributed by atoms with E-state index in [2.05, 4.69) is 0 Å². The zero-order chi connectivity index (χ0) is 17.6. The summed E-state index contributed by atoms with van der Waals surface area (Å²) in [6.45, 7) is 1.87. The van der Waals surface area contributed by atoms with Crippen molar-refractivity contribution in [1.29, 1.82) is 0 Å². The lowest BCUT2D eigenvalue weighted by atomic mass is 10.2. The predicted octanol–water partition coefficient (Wildman–Crippen LogP) is 4.11. The van der Waals surface area contributed by atoms with Crippen LogP contribution in [0, 0.1) is 0 Å². The lowest BCUT2D eigenvalue weighted by Crippen LogP contribution is -2.12. The van der Waals surface area contributed by atoms with Crippen LogP contribution in [-0.4, -0.2) is 21.0 Å². The number of benzene rings is 2. The van der Waals surface area contributed by atoms with Crippen LogP contribution in [0.2, 0.25) is 5.02 Å². The standard InChI is InChI=1S/C18H17ClO4S/c1-2-23-18(20)13-17(12-14-6-4-3-5-7-14)24(21,22)16-10-8-15(19)9-11-16/h3-12H,2,13H2,1H3/b17-12+. The molecule has 0 heterocycles. The van der Waals surface area contributed by atoms with Gasteiger partial charge in [0.1, 0.15) is 0 Å². The lowest BCUT2D eigenvalue weighted by molar-refractivity contribution is -0.142. The maximum absolute atomic E-state index is 12.9. The molecular formula is C18H17ClO4S. The molecule has 24 heavy (non-hydrogen) atoms. The molecule has 4 nitrogen and oxygen atoms in total. The summed E-state index contributed by atoms with van der Waals surface area (Å²) in [4.78, 5) is 11.9. The summed E-state index contributed by atoms with van der Waals surface area (Å²) < 4.78 is 30.6. The van der Waals surface area contributed by atoms with Gasteiger partial charge in [0.05, 0.1) is 22.8 Å². The van der Waals surface area contributed by atoms with Crippen LogP contribution in [0.3, 0.4) is 0 Å². The summed E-state index contributed by atoms with van der Waals surface area (Å²) in [5, 5.41) is 0.438. The van der Waals surface area contributed by atoms with Gasteiger partial charge in [0.2, 0.25) is 9.84 Å². The van der Waals surface area contributed by atoms with E-state index in [4.69, 9.17) is 16.3 Å². The highest BCUT2D eigenvalue weighted by molar-refractivity contribution is 7.95. The number of ether oxygens (including phenoxy) is 1. The fraction of sp³-hybridized carbons (Fsp3) is 0.167. The summed E-state index contributed by atoms with van der Waals surface area (Å²) in [5.41, 5.74) is 0.689. The number of carbonyl (C=O) groups is 1. The lowest BCUT2D eigenvalue weighted by Gasteiger charge is -2.10. The Hall–Kier alpha value is -2.11. The number of esters is 1. The SMILES string of the molecule is CCOC(=O)C/C(=C\c1ccccc1)S(=O)(=O)c1ccc(Cl)cc1. The maximum atomic E-state index is 12.9. The highest BCUT2D eigenvalue weighted by atomic mass is 35.5. The fourth-order valence-electron chi connectivity index (χ4n) is 2.08. The average molecular weight is 365 g/mol. The van der Waals surface area contributed by atoms with Crippen molar-refractivity contribution in [2.75, 3.05) is 6.61 Å².